The summed E-state index contributed by atoms with van der Waals surface area (Å²) in [6.45, 7) is 1.59. The summed E-state index contributed by atoms with van der Waals surface area (Å²) in [5, 5.41) is 9.21. The van der Waals surface area contributed by atoms with E-state index in [2.05, 4.69) is 4.74 Å². The van der Waals surface area contributed by atoms with Crippen molar-refractivity contribution in [2.45, 2.75) is 6.92 Å². The van der Waals surface area contributed by atoms with Crippen LogP contribution in [-0.4, -0.2) is 28.7 Å². The van der Waals surface area contributed by atoms with E-state index in [0.717, 1.165) is 0 Å². The third-order valence-electron chi connectivity index (χ3n) is 2.93. The minimum atomic E-state index is -1.07. The van der Waals surface area contributed by atoms with Gasteiger partial charge in [0.15, 0.2) is 0 Å². The molecule has 1 aromatic heterocycles. The summed E-state index contributed by atoms with van der Waals surface area (Å²) in [5.74, 6) is -1.62. The third kappa shape index (κ3) is 2.35. The van der Waals surface area contributed by atoms with Crippen molar-refractivity contribution in [1.29, 1.82) is 0 Å². The number of esters is 1. The van der Waals surface area contributed by atoms with Gasteiger partial charge in [-0.05, 0) is 36.8 Å². The first-order chi connectivity index (χ1) is 9.04. The van der Waals surface area contributed by atoms with Crippen LogP contribution in [0.5, 0.6) is 0 Å². The number of carboxylic acid groups (broad SMARTS) is 1. The predicted molar refractivity (Wildman–Crippen MR) is 68.8 cm³/mol. The molecule has 1 heterocycles. The van der Waals surface area contributed by atoms with Gasteiger partial charge < -0.3 is 14.4 Å². The molecule has 1 N–H and O–H groups in total. The average Bonchev–Trinajstić information content (AvgIpc) is 2.91. The molecule has 98 valence electrons. The second-order valence-electron chi connectivity index (χ2n) is 4.05. The molecule has 0 spiro atoms. The molecule has 0 atom stereocenters. The highest BCUT2D eigenvalue weighted by molar-refractivity contribution is 5.98. The van der Waals surface area contributed by atoms with Gasteiger partial charge in [0.05, 0.1) is 18.2 Å². The molecule has 19 heavy (non-hydrogen) atoms. The van der Waals surface area contributed by atoms with E-state index < -0.39 is 11.9 Å². The Balaban J connectivity index is 2.67. The lowest BCUT2D eigenvalue weighted by Gasteiger charge is -2.11. The first-order valence-corrected chi connectivity index (χ1v) is 5.64. The van der Waals surface area contributed by atoms with Crippen molar-refractivity contribution in [2.75, 3.05) is 7.11 Å². The molecule has 2 aromatic rings. The molecule has 0 aliphatic carbocycles. The van der Waals surface area contributed by atoms with Crippen molar-refractivity contribution < 1.29 is 19.4 Å². The molecule has 0 fully saturated rings. The summed E-state index contributed by atoms with van der Waals surface area (Å²) >= 11 is 0. The van der Waals surface area contributed by atoms with E-state index in [9.17, 15) is 14.7 Å². The molecule has 1 aromatic carbocycles. The Hall–Kier alpha value is -2.56. The second-order valence-corrected chi connectivity index (χ2v) is 4.05. The molecule has 5 heteroatoms. The fourth-order valence-corrected chi connectivity index (χ4v) is 1.90. The van der Waals surface area contributed by atoms with Crippen molar-refractivity contribution in [3.05, 3.63) is 53.3 Å². The van der Waals surface area contributed by atoms with E-state index in [1.54, 1.807) is 30.0 Å². The van der Waals surface area contributed by atoms with E-state index in [0.29, 0.717) is 11.3 Å². The quantitative estimate of drug-likeness (QED) is 0.858. The number of aromatic nitrogens is 1. The van der Waals surface area contributed by atoms with Crippen molar-refractivity contribution >= 4 is 11.9 Å². The standard InChI is InChI=1S/C14H13NO4/c1-9-11(13(16)17)7-10(15-5-3-4-6-15)8-12(9)14(18)19-2/h3-8H,1-2H3,(H,16,17). The van der Waals surface area contributed by atoms with Gasteiger partial charge in [-0.25, -0.2) is 9.59 Å². The summed E-state index contributed by atoms with van der Waals surface area (Å²) in [7, 11) is 1.27. The summed E-state index contributed by atoms with van der Waals surface area (Å²) in [5.41, 5.74) is 1.35. The van der Waals surface area contributed by atoms with Crippen LogP contribution in [0.15, 0.2) is 36.7 Å². The lowest BCUT2D eigenvalue weighted by molar-refractivity contribution is 0.0600. The van der Waals surface area contributed by atoms with Crippen LogP contribution in [0.2, 0.25) is 0 Å². The lowest BCUT2D eigenvalue weighted by atomic mass is 10.0. The molecule has 0 unspecified atom stereocenters. The van der Waals surface area contributed by atoms with Gasteiger partial charge in [-0.2, -0.15) is 0 Å². The smallest absolute Gasteiger partial charge is 0.338 e. The fraction of sp³-hybridized carbons (Fsp3) is 0.143. The number of hydrogen-bond donors (Lipinski definition) is 1. The molecular formula is C14H13NO4. The Kier molecular flexibility index (Phi) is 3.37. The third-order valence-corrected chi connectivity index (χ3v) is 2.93. The van der Waals surface area contributed by atoms with Crippen molar-refractivity contribution in [3.63, 3.8) is 0 Å². The van der Waals surface area contributed by atoms with Crippen LogP contribution in [-0.2, 0) is 4.74 Å². The molecule has 0 saturated carbocycles. The molecule has 0 saturated heterocycles. The van der Waals surface area contributed by atoms with Crippen LogP contribution in [0, 0.1) is 6.92 Å². The second kappa shape index (κ2) is 4.97. The molecule has 0 bridgehead atoms. The van der Waals surface area contributed by atoms with E-state index >= 15 is 0 Å². The van der Waals surface area contributed by atoms with Gasteiger partial charge >= 0.3 is 11.9 Å². The lowest BCUT2D eigenvalue weighted by Crippen LogP contribution is -2.10. The number of benzene rings is 1. The number of rotatable bonds is 3. The molecule has 0 radical (unpaired) electrons. The SMILES string of the molecule is COC(=O)c1cc(-n2cccc2)cc(C(=O)O)c1C. The number of nitrogens with zero attached hydrogens (tertiary/aromatic N) is 1. The maximum Gasteiger partial charge on any atom is 0.338 e. The van der Waals surface area contributed by atoms with E-state index in [1.165, 1.54) is 13.2 Å². The number of carbonyl (C=O) groups excluding carboxylic acids is 1. The number of carboxylic acids is 1. The summed E-state index contributed by atoms with van der Waals surface area (Å²) in [6, 6.07) is 6.79. The normalized spacial score (nSPS) is 10.2. The zero-order valence-electron chi connectivity index (χ0n) is 10.6. The molecule has 5 nitrogen and oxygen atoms in total. The Morgan fingerprint density at radius 3 is 2.26 bits per heavy atom. The number of hydrogen-bond acceptors (Lipinski definition) is 3. The van der Waals surface area contributed by atoms with E-state index in [-0.39, 0.29) is 11.1 Å². The monoisotopic (exact) mass is 259 g/mol. The predicted octanol–water partition coefficient (Wildman–Crippen LogP) is 2.27. The average molecular weight is 259 g/mol. The topological polar surface area (TPSA) is 68.5 Å². The minimum absolute atomic E-state index is 0.0894. The Morgan fingerprint density at radius 1 is 1.16 bits per heavy atom. The first kappa shape index (κ1) is 12.9. The molecular weight excluding hydrogens is 246 g/mol. The van der Waals surface area contributed by atoms with Crippen LogP contribution >= 0.6 is 0 Å². The summed E-state index contributed by atoms with van der Waals surface area (Å²) in [6.07, 6.45) is 3.55. The van der Waals surface area contributed by atoms with Gasteiger partial charge in [-0.1, -0.05) is 0 Å². The number of ether oxygens (including phenoxy) is 1. The van der Waals surface area contributed by atoms with Crippen LogP contribution < -0.4 is 0 Å². The largest absolute Gasteiger partial charge is 0.478 e. The Labute approximate surface area is 110 Å². The number of methoxy groups -OCH3 is 1. The minimum Gasteiger partial charge on any atom is -0.478 e. The molecule has 0 aliphatic heterocycles. The number of aromatic carboxylic acids is 1. The summed E-state index contributed by atoms with van der Waals surface area (Å²) < 4.78 is 6.42. The van der Waals surface area contributed by atoms with Gasteiger partial charge in [0.2, 0.25) is 0 Å². The van der Waals surface area contributed by atoms with Gasteiger partial charge in [-0.15, -0.1) is 0 Å². The zero-order valence-corrected chi connectivity index (χ0v) is 10.6. The van der Waals surface area contributed by atoms with Gasteiger partial charge in [0, 0.05) is 18.1 Å². The summed E-state index contributed by atoms with van der Waals surface area (Å²) in [4.78, 5) is 23.0. The molecule has 0 amide bonds. The van der Waals surface area contributed by atoms with Gasteiger partial charge in [0.25, 0.3) is 0 Å². The van der Waals surface area contributed by atoms with Gasteiger partial charge in [0.1, 0.15) is 0 Å². The van der Waals surface area contributed by atoms with Crippen LogP contribution in [0.25, 0.3) is 5.69 Å². The van der Waals surface area contributed by atoms with Crippen LogP contribution in [0.3, 0.4) is 0 Å². The van der Waals surface area contributed by atoms with Crippen molar-refractivity contribution in [1.82, 2.24) is 4.57 Å². The highest BCUT2D eigenvalue weighted by Crippen LogP contribution is 2.21. The van der Waals surface area contributed by atoms with Crippen LogP contribution in [0.1, 0.15) is 26.3 Å². The molecule has 2 rings (SSSR count). The zero-order chi connectivity index (χ0) is 14.0. The van der Waals surface area contributed by atoms with Crippen LogP contribution in [0.4, 0.5) is 0 Å². The highest BCUT2D eigenvalue weighted by Gasteiger charge is 2.18. The van der Waals surface area contributed by atoms with Crippen molar-refractivity contribution in [3.8, 4) is 5.69 Å². The van der Waals surface area contributed by atoms with Crippen molar-refractivity contribution in [2.24, 2.45) is 0 Å². The van der Waals surface area contributed by atoms with E-state index in [4.69, 9.17) is 0 Å². The fourth-order valence-electron chi connectivity index (χ4n) is 1.90. The maximum absolute atomic E-state index is 11.7. The molecule has 0 aliphatic rings. The Bertz CT molecular complexity index is 629. The van der Waals surface area contributed by atoms with Gasteiger partial charge in [-0.3, -0.25) is 0 Å². The first-order valence-electron chi connectivity index (χ1n) is 5.64. The highest BCUT2D eigenvalue weighted by atomic mass is 16.5. The number of carbonyl (C=O) groups is 2. The van der Waals surface area contributed by atoms with E-state index in [1.807, 2.05) is 12.1 Å². The maximum atomic E-state index is 11.7. The Morgan fingerprint density at radius 2 is 1.74 bits per heavy atom.